The molecule has 11 nitrogen and oxygen atoms in total. The first-order chi connectivity index (χ1) is 18.6. The number of anilines is 4. The summed E-state index contributed by atoms with van der Waals surface area (Å²) in [5.74, 6) is -0.974. The van der Waals surface area contributed by atoms with Crippen LogP contribution in [0.25, 0.3) is 0 Å². The molecule has 4 N–H and O–H groups in total. The molecular formula is C22H15F4N7O4S2. The van der Waals surface area contributed by atoms with Gasteiger partial charge in [0.25, 0.3) is 5.91 Å². The van der Waals surface area contributed by atoms with Gasteiger partial charge in [-0.2, -0.15) is 8.78 Å². The summed E-state index contributed by atoms with van der Waals surface area (Å²) >= 11 is 2.25. The van der Waals surface area contributed by atoms with E-state index in [1.807, 2.05) is 0 Å². The molecular weight excluding hydrogens is 566 g/mol. The zero-order chi connectivity index (χ0) is 27.6. The van der Waals surface area contributed by atoms with E-state index in [1.165, 1.54) is 23.0 Å². The minimum absolute atomic E-state index is 0.101. The van der Waals surface area contributed by atoms with Crippen molar-refractivity contribution in [2.24, 2.45) is 0 Å². The van der Waals surface area contributed by atoms with Crippen LogP contribution in [0.3, 0.4) is 0 Å². The normalized spacial score (nSPS) is 15.0. The minimum atomic E-state index is -4.50. The van der Waals surface area contributed by atoms with Crippen molar-refractivity contribution < 1.29 is 36.6 Å². The number of amides is 3. The van der Waals surface area contributed by atoms with Gasteiger partial charge >= 0.3 is 18.4 Å². The first kappa shape index (κ1) is 26.3. The van der Waals surface area contributed by atoms with E-state index in [0.717, 1.165) is 29.5 Å². The molecule has 0 radical (unpaired) electrons. The standard InChI is InChI=1S/C22H15F4N7O4S2/c23-21(24)13-8-12(1-2-14(13)36-22(25,26)37-21)31-18(34)16-17(30-10-39-16)29-9-11-3-4-27-15(7-11)32-19(35)33-20-28-5-6-38-20/h1-8,10,29H,9H2,(H,31,34)(H2,27,28,32,33,35). The Morgan fingerprint density at radius 3 is 2.59 bits per heavy atom. The van der Waals surface area contributed by atoms with Crippen LogP contribution in [0.1, 0.15) is 20.8 Å². The van der Waals surface area contributed by atoms with Crippen LogP contribution >= 0.6 is 22.7 Å². The predicted octanol–water partition coefficient (Wildman–Crippen LogP) is 5.51. The fourth-order valence-electron chi connectivity index (χ4n) is 3.37. The summed E-state index contributed by atoms with van der Waals surface area (Å²) < 4.78 is 62.1. The lowest BCUT2D eigenvalue weighted by Gasteiger charge is -2.30. The van der Waals surface area contributed by atoms with Gasteiger partial charge < -0.3 is 15.4 Å². The van der Waals surface area contributed by atoms with Crippen LogP contribution in [0, 0.1) is 0 Å². The first-order valence-electron chi connectivity index (χ1n) is 10.8. The average molecular weight is 582 g/mol. The highest BCUT2D eigenvalue weighted by Crippen LogP contribution is 2.47. The molecule has 3 aromatic heterocycles. The van der Waals surface area contributed by atoms with Crippen LogP contribution in [0.15, 0.2) is 53.6 Å². The number of ether oxygens (including phenoxy) is 2. The quantitative estimate of drug-likeness (QED) is 0.210. The maximum Gasteiger partial charge on any atom is 0.540 e. The number of nitrogens with zero attached hydrogens (tertiary/aromatic N) is 3. The number of nitrogens with one attached hydrogen (secondary N) is 4. The summed E-state index contributed by atoms with van der Waals surface area (Å²) in [6.45, 7) is 0.198. The molecule has 0 fully saturated rings. The molecule has 1 aliphatic rings. The summed E-state index contributed by atoms with van der Waals surface area (Å²) in [4.78, 5) is 37.2. The number of benzene rings is 1. The van der Waals surface area contributed by atoms with E-state index < -0.39 is 35.7 Å². The van der Waals surface area contributed by atoms with Gasteiger partial charge in [0.1, 0.15) is 22.3 Å². The van der Waals surface area contributed by atoms with E-state index in [0.29, 0.717) is 10.7 Å². The van der Waals surface area contributed by atoms with Crippen molar-refractivity contribution in [2.45, 2.75) is 18.9 Å². The number of urea groups is 1. The number of hydrogen-bond acceptors (Lipinski definition) is 10. The Bertz CT molecular complexity index is 1520. The molecule has 0 bridgehead atoms. The first-order valence-corrected chi connectivity index (χ1v) is 12.5. The van der Waals surface area contributed by atoms with Gasteiger partial charge in [0.2, 0.25) is 0 Å². The van der Waals surface area contributed by atoms with Crippen LogP contribution in [-0.4, -0.2) is 33.2 Å². The third-order valence-corrected chi connectivity index (χ3v) is 6.49. The number of pyridine rings is 1. The van der Waals surface area contributed by atoms with E-state index in [1.54, 1.807) is 23.7 Å². The van der Waals surface area contributed by atoms with Gasteiger partial charge in [0, 0.05) is 30.0 Å². The van der Waals surface area contributed by atoms with Crippen LogP contribution in [0.2, 0.25) is 0 Å². The lowest BCUT2D eigenvalue weighted by atomic mass is 10.1. The number of hydrogen-bond donors (Lipinski definition) is 4. The van der Waals surface area contributed by atoms with Crippen molar-refractivity contribution in [2.75, 3.05) is 21.3 Å². The van der Waals surface area contributed by atoms with E-state index in [4.69, 9.17) is 0 Å². The van der Waals surface area contributed by atoms with Gasteiger partial charge in [-0.1, -0.05) is 0 Å². The number of alkyl halides is 4. The van der Waals surface area contributed by atoms with Gasteiger partial charge in [-0.3, -0.25) is 15.4 Å². The van der Waals surface area contributed by atoms with Crippen LogP contribution in [0.4, 0.5) is 44.8 Å². The van der Waals surface area contributed by atoms with Gasteiger partial charge in [0.05, 0.1) is 11.1 Å². The number of halogens is 4. The fourth-order valence-corrected chi connectivity index (χ4v) is 4.55. The van der Waals surface area contributed by atoms with Crippen molar-refractivity contribution in [3.63, 3.8) is 0 Å². The van der Waals surface area contributed by atoms with Crippen molar-refractivity contribution in [1.29, 1.82) is 0 Å². The largest absolute Gasteiger partial charge is 0.540 e. The third kappa shape index (κ3) is 6.21. The highest BCUT2D eigenvalue weighted by molar-refractivity contribution is 7.13. The monoisotopic (exact) mass is 581 g/mol. The van der Waals surface area contributed by atoms with Crippen molar-refractivity contribution in [3.05, 3.63) is 69.6 Å². The molecule has 0 atom stereocenters. The Balaban J connectivity index is 1.22. The number of rotatable bonds is 7. The summed E-state index contributed by atoms with van der Waals surface area (Å²) in [6, 6.07) is 5.58. The number of thiazole rings is 2. The average Bonchev–Trinajstić information content (AvgIpc) is 3.54. The lowest BCUT2D eigenvalue weighted by molar-refractivity contribution is -0.461. The maximum atomic E-state index is 14.0. The molecule has 17 heteroatoms. The predicted molar refractivity (Wildman–Crippen MR) is 133 cm³/mol. The van der Waals surface area contributed by atoms with E-state index in [2.05, 4.69) is 45.7 Å². The Morgan fingerprint density at radius 1 is 0.949 bits per heavy atom. The second-order valence-corrected chi connectivity index (χ2v) is 9.45. The minimum Gasteiger partial charge on any atom is -0.409 e. The molecule has 39 heavy (non-hydrogen) atoms. The Hall–Kier alpha value is -4.35. The summed E-state index contributed by atoms with van der Waals surface area (Å²) in [5.41, 5.74) is 1.04. The van der Waals surface area contributed by atoms with Gasteiger partial charge in [-0.15, -0.1) is 31.5 Å². The van der Waals surface area contributed by atoms with Gasteiger partial charge in [-0.05, 0) is 35.9 Å². The maximum absolute atomic E-state index is 14.0. The zero-order valence-electron chi connectivity index (χ0n) is 19.2. The topological polar surface area (TPSA) is 139 Å². The van der Waals surface area contributed by atoms with Gasteiger partial charge in [0.15, 0.2) is 5.13 Å². The smallest absolute Gasteiger partial charge is 0.409 e. The molecule has 202 valence electrons. The van der Waals surface area contributed by atoms with E-state index in [-0.39, 0.29) is 28.7 Å². The SMILES string of the molecule is O=C(Nc1cc(CNc2ncsc2C(=O)Nc2ccc3c(c2)C(F)(F)OC(F)(F)O3)ccn1)Nc1nccs1. The number of aromatic nitrogens is 3. The molecule has 0 unspecified atom stereocenters. The number of carbonyl (C=O) groups excluding carboxylic acids is 2. The third-order valence-electron chi connectivity index (χ3n) is 4.98. The highest BCUT2D eigenvalue weighted by atomic mass is 32.1. The summed E-state index contributed by atoms with van der Waals surface area (Å²) in [7, 11) is 0. The fraction of sp³-hybridized carbons (Fsp3) is 0.136. The molecule has 0 saturated heterocycles. The van der Waals surface area contributed by atoms with Gasteiger partial charge in [-0.25, -0.2) is 24.5 Å². The van der Waals surface area contributed by atoms with Crippen LogP contribution in [-0.2, 0) is 17.4 Å². The molecule has 1 aliphatic heterocycles. The molecule has 4 aromatic rings. The zero-order valence-corrected chi connectivity index (χ0v) is 20.8. The number of fused-ring (bicyclic) bond motifs is 1. The van der Waals surface area contributed by atoms with E-state index >= 15 is 0 Å². The molecule has 3 amide bonds. The van der Waals surface area contributed by atoms with E-state index in [9.17, 15) is 27.2 Å². The Kier molecular flexibility index (Phi) is 7.02. The van der Waals surface area contributed by atoms with Crippen molar-refractivity contribution in [1.82, 2.24) is 15.0 Å². The van der Waals surface area contributed by atoms with Crippen molar-refractivity contribution >= 4 is 57.1 Å². The summed E-state index contributed by atoms with van der Waals surface area (Å²) in [6.07, 6.45) is -5.80. The second-order valence-electron chi connectivity index (χ2n) is 7.70. The Morgan fingerprint density at radius 2 is 1.79 bits per heavy atom. The number of carbonyl (C=O) groups is 2. The lowest BCUT2D eigenvalue weighted by Crippen LogP contribution is -2.41. The molecule has 4 heterocycles. The van der Waals surface area contributed by atoms with Crippen LogP contribution in [0.5, 0.6) is 5.75 Å². The van der Waals surface area contributed by atoms with Crippen molar-refractivity contribution in [3.8, 4) is 5.75 Å². The molecule has 0 spiro atoms. The summed E-state index contributed by atoms with van der Waals surface area (Å²) in [5, 5.41) is 12.7. The molecule has 1 aromatic carbocycles. The van der Waals surface area contributed by atoms with Crippen LogP contribution < -0.4 is 26.0 Å². The highest BCUT2D eigenvalue weighted by Gasteiger charge is 2.54. The molecule has 5 rings (SSSR count). The second kappa shape index (κ2) is 10.4. The molecule has 0 aliphatic carbocycles. The molecule has 0 saturated carbocycles. The Labute approximate surface area is 224 Å².